The van der Waals surface area contributed by atoms with Crippen molar-refractivity contribution in [1.82, 2.24) is 10.3 Å². The van der Waals surface area contributed by atoms with Gasteiger partial charge < -0.3 is 4.90 Å². The number of carbonyl (C=O) groups excluding carboxylic acids is 1. The molecule has 0 aliphatic heterocycles. The first kappa shape index (κ1) is 19.4. The molecule has 0 fully saturated rings. The van der Waals surface area contributed by atoms with E-state index in [0.29, 0.717) is 10.0 Å². The number of rotatable bonds is 7. The Morgan fingerprint density at radius 3 is 2.28 bits per heavy atom. The van der Waals surface area contributed by atoms with Crippen molar-refractivity contribution < 1.29 is 13.2 Å². The van der Waals surface area contributed by atoms with Crippen molar-refractivity contribution in [3.63, 3.8) is 0 Å². The minimum absolute atomic E-state index is 0.0547. The predicted molar refractivity (Wildman–Crippen MR) is 102 cm³/mol. The summed E-state index contributed by atoms with van der Waals surface area (Å²) in [6, 6.07) is 13.2. The Morgan fingerprint density at radius 1 is 1.08 bits per heavy atom. The van der Waals surface area contributed by atoms with Crippen LogP contribution in [0.25, 0.3) is 0 Å². The fraction of sp³-hybridized carbons (Fsp3) is 0.235. The van der Waals surface area contributed by atoms with E-state index in [1.165, 1.54) is 12.1 Å². The van der Waals surface area contributed by atoms with Crippen LogP contribution in [0.15, 0.2) is 57.9 Å². The summed E-state index contributed by atoms with van der Waals surface area (Å²) >= 11 is 3.22. The van der Waals surface area contributed by atoms with E-state index in [0.717, 1.165) is 18.8 Å². The lowest BCUT2D eigenvalue weighted by atomic mass is 10.2. The van der Waals surface area contributed by atoms with Crippen LogP contribution in [-0.4, -0.2) is 27.4 Å². The van der Waals surface area contributed by atoms with E-state index in [-0.39, 0.29) is 4.90 Å². The largest absolute Gasteiger partial charge is 0.372 e. The summed E-state index contributed by atoms with van der Waals surface area (Å²) in [7, 11) is -3.84. The molecule has 2 N–H and O–H groups in total. The number of halogens is 1. The molecule has 0 heterocycles. The maximum absolute atomic E-state index is 12.2. The first-order valence-corrected chi connectivity index (χ1v) is 10.1. The van der Waals surface area contributed by atoms with Crippen molar-refractivity contribution >= 4 is 37.5 Å². The number of hydrogen-bond donors (Lipinski definition) is 2. The summed E-state index contributed by atoms with van der Waals surface area (Å²) in [5.74, 6) is -0.523. The topological polar surface area (TPSA) is 78.5 Å². The van der Waals surface area contributed by atoms with Crippen molar-refractivity contribution in [2.75, 3.05) is 18.0 Å². The fourth-order valence-electron chi connectivity index (χ4n) is 2.29. The Labute approximate surface area is 156 Å². The zero-order chi connectivity index (χ0) is 18.4. The average molecular weight is 426 g/mol. The lowest BCUT2D eigenvalue weighted by Crippen LogP contribution is -2.41. The molecule has 0 unspecified atom stereocenters. The van der Waals surface area contributed by atoms with Gasteiger partial charge in [-0.3, -0.25) is 10.2 Å². The van der Waals surface area contributed by atoms with Crippen LogP contribution < -0.4 is 15.2 Å². The van der Waals surface area contributed by atoms with Crippen molar-refractivity contribution in [2.45, 2.75) is 18.7 Å². The molecule has 2 rings (SSSR count). The molecule has 2 aromatic carbocycles. The number of nitrogens with zero attached hydrogens (tertiary/aromatic N) is 1. The van der Waals surface area contributed by atoms with Gasteiger partial charge in [-0.25, -0.2) is 8.42 Å². The Balaban J connectivity index is 2.05. The first-order valence-electron chi connectivity index (χ1n) is 7.80. The maximum atomic E-state index is 12.2. The van der Waals surface area contributed by atoms with Crippen molar-refractivity contribution in [3.8, 4) is 0 Å². The number of amides is 1. The molecule has 8 heteroatoms. The van der Waals surface area contributed by atoms with Crippen molar-refractivity contribution in [3.05, 3.63) is 58.6 Å². The highest BCUT2D eigenvalue weighted by atomic mass is 79.9. The second-order valence-electron chi connectivity index (χ2n) is 5.24. The summed E-state index contributed by atoms with van der Waals surface area (Å²) in [6.07, 6.45) is 0. The van der Waals surface area contributed by atoms with Crippen LogP contribution in [-0.2, 0) is 10.0 Å². The minimum Gasteiger partial charge on any atom is -0.372 e. The third-order valence-corrected chi connectivity index (χ3v) is 5.40. The summed E-state index contributed by atoms with van der Waals surface area (Å²) in [5, 5.41) is 0. The fourth-order valence-corrected chi connectivity index (χ4v) is 3.73. The number of nitrogens with one attached hydrogen (secondary N) is 2. The summed E-state index contributed by atoms with van der Waals surface area (Å²) < 4.78 is 25.0. The predicted octanol–water partition coefficient (Wildman–Crippen LogP) is 2.92. The van der Waals surface area contributed by atoms with Crippen LogP contribution in [0.1, 0.15) is 24.2 Å². The van der Waals surface area contributed by atoms with Crippen LogP contribution in [0.3, 0.4) is 0 Å². The van der Waals surface area contributed by atoms with E-state index in [4.69, 9.17) is 0 Å². The molecule has 0 spiro atoms. The monoisotopic (exact) mass is 425 g/mol. The molecular weight excluding hydrogens is 406 g/mol. The zero-order valence-electron chi connectivity index (χ0n) is 14.0. The Hall–Kier alpha value is -1.90. The molecule has 0 aliphatic carbocycles. The molecule has 134 valence electrons. The molecule has 0 radical (unpaired) electrons. The lowest BCUT2D eigenvalue weighted by molar-refractivity contribution is 0.0945. The number of hydrazine groups is 1. The van der Waals surface area contributed by atoms with E-state index in [9.17, 15) is 13.2 Å². The van der Waals surface area contributed by atoms with Crippen LogP contribution in [0.4, 0.5) is 5.69 Å². The molecule has 25 heavy (non-hydrogen) atoms. The average Bonchev–Trinajstić information content (AvgIpc) is 2.61. The maximum Gasteiger partial charge on any atom is 0.266 e. The molecule has 0 aliphatic rings. The van der Waals surface area contributed by atoms with Crippen LogP contribution in [0, 0.1) is 0 Å². The smallest absolute Gasteiger partial charge is 0.266 e. The minimum atomic E-state index is -3.84. The Bertz CT molecular complexity index is 834. The Morgan fingerprint density at radius 2 is 1.72 bits per heavy atom. The number of benzene rings is 2. The molecule has 2 aromatic rings. The number of carbonyl (C=O) groups is 1. The van der Waals surface area contributed by atoms with Gasteiger partial charge in [-0.15, -0.1) is 4.83 Å². The molecule has 6 nitrogen and oxygen atoms in total. The third-order valence-electron chi connectivity index (χ3n) is 3.66. The molecule has 0 atom stereocenters. The molecule has 0 saturated heterocycles. The van der Waals surface area contributed by atoms with Gasteiger partial charge in [0.2, 0.25) is 0 Å². The highest BCUT2D eigenvalue weighted by molar-refractivity contribution is 9.10. The van der Waals surface area contributed by atoms with E-state index >= 15 is 0 Å². The van der Waals surface area contributed by atoms with Gasteiger partial charge in [0.05, 0.1) is 4.90 Å². The first-order chi connectivity index (χ1) is 11.9. The van der Waals surface area contributed by atoms with Gasteiger partial charge in [0, 0.05) is 28.8 Å². The third kappa shape index (κ3) is 5.04. The van der Waals surface area contributed by atoms with Gasteiger partial charge in [0.1, 0.15) is 0 Å². The normalized spacial score (nSPS) is 11.2. The Kier molecular flexibility index (Phi) is 6.57. The highest BCUT2D eigenvalue weighted by Crippen LogP contribution is 2.16. The number of hydrogen-bond acceptors (Lipinski definition) is 4. The van der Waals surface area contributed by atoms with Gasteiger partial charge in [0.15, 0.2) is 0 Å². The summed E-state index contributed by atoms with van der Waals surface area (Å²) in [4.78, 5) is 16.5. The highest BCUT2D eigenvalue weighted by Gasteiger charge is 2.16. The van der Waals surface area contributed by atoms with Gasteiger partial charge in [-0.2, -0.15) is 0 Å². The summed E-state index contributed by atoms with van der Waals surface area (Å²) in [6.45, 7) is 5.85. The molecule has 0 bridgehead atoms. The molecule has 0 aromatic heterocycles. The number of sulfonamides is 1. The van der Waals surface area contributed by atoms with E-state index in [1.54, 1.807) is 24.3 Å². The molecular formula is C17H20BrN3O3S. The zero-order valence-corrected chi connectivity index (χ0v) is 16.4. The van der Waals surface area contributed by atoms with E-state index in [1.807, 2.05) is 12.1 Å². The van der Waals surface area contributed by atoms with Crippen molar-refractivity contribution in [1.29, 1.82) is 0 Å². The van der Waals surface area contributed by atoms with Gasteiger partial charge in [-0.05, 0) is 56.3 Å². The quantitative estimate of drug-likeness (QED) is 0.668. The van der Waals surface area contributed by atoms with Crippen LogP contribution in [0.2, 0.25) is 0 Å². The molecule has 1 amide bonds. The summed E-state index contributed by atoms with van der Waals surface area (Å²) in [5.41, 5.74) is 3.61. The van der Waals surface area contributed by atoms with Gasteiger partial charge >= 0.3 is 0 Å². The second kappa shape index (κ2) is 8.46. The van der Waals surface area contributed by atoms with E-state index < -0.39 is 15.9 Å². The molecule has 0 saturated carbocycles. The van der Waals surface area contributed by atoms with Crippen molar-refractivity contribution in [2.24, 2.45) is 0 Å². The SMILES string of the molecule is CCN(CC)c1ccc(C(=O)NNS(=O)(=O)c2cccc(Br)c2)cc1. The second-order valence-corrected chi connectivity index (χ2v) is 7.83. The standard InChI is InChI=1S/C17H20BrN3O3S/c1-3-21(4-2)15-10-8-13(9-11-15)17(22)19-20-25(23,24)16-7-5-6-14(18)12-16/h5-12,20H,3-4H2,1-2H3,(H,19,22). The number of anilines is 1. The van der Waals surface area contributed by atoms with Crippen LogP contribution >= 0.6 is 15.9 Å². The van der Waals surface area contributed by atoms with E-state index in [2.05, 4.69) is 44.9 Å². The van der Waals surface area contributed by atoms with Gasteiger partial charge in [0.25, 0.3) is 15.9 Å². The lowest BCUT2D eigenvalue weighted by Gasteiger charge is -2.21. The van der Waals surface area contributed by atoms with Crippen LogP contribution in [0.5, 0.6) is 0 Å². The van der Waals surface area contributed by atoms with Gasteiger partial charge in [-0.1, -0.05) is 22.0 Å².